The molecule has 0 radical (unpaired) electrons. The van der Waals surface area contributed by atoms with E-state index in [1.807, 2.05) is 6.07 Å². The van der Waals surface area contributed by atoms with Crippen molar-refractivity contribution in [3.63, 3.8) is 0 Å². The van der Waals surface area contributed by atoms with Crippen LogP contribution in [0.1, 0.15) is 30.8 Å². The molecule has 0 unspecified atom stereocenters. The molecule has 0 saturated carbocycles. The third kappa shape index (κ3) is 4.50. The minimum Gasteiger partial charge on any atom is -0.466 e. The highest BCUT2D eigenvalue weighted by Gasteiger charge is 2.49. The second kappa shape index (κ2) is 7.53. The van der Waals surface area contributed by atoms with Crippen LogP contribution in [-0.2, 0) is 11.3 Å². The SMILES string of the molecule is C=C(C)C[C@@H](O)C(F)(F)[C@H](OCc1ccccc1)c1ccco1. The van der Waals surface area contributed by atoms with Crippen molar-refractivity contribution in [3.8, 4) is 0 Å². The third-order valence-electron chi connectivity index (χ3n) is 3.40. The Balaban J connectivity index is 2.18. The summed E-state index contributed by atoms with van der Waals surface area (Å²) in [6, 6.07) is 11.9. The van der Waals surface area contributed by atoms with E-state index in [4.69, 9.17) is 9.15 Å². The average molecular weight is 322 g/mol. The molecule has 0 spiro atoms. The fourth-order valence-electron chi connectivity index (χ4n) is 2.22. The van der Waals surface area contributed by atoms with Gasteiger partial charge in [0.15, 0.2) is 6.10 Å². The molecule has 124 valence electrons. The van der Waals surface area contributed by atoms with Crippen molar-refractivity contribution in [1.82, 2.24) is 0 Å². The Morgan fingerprint density at radius 2 is 1.96 bits per heavy atom. The molecule has 23 heavy (non-hydrogen) atoms. The van der Waals surface area contributed by atoms with Crippen LogP contribution in [0.2, 0.25) is 0 Å². The van der Waals surface area contributed by atoms with Crippen molar-refractivity contribution in [1.29, 1.82) is 0 Å². The molecule has 0 aliphatic carbocycles. The summed E-state index contributed by atoms with van der Waals surface area (Å²) in [4.78, 5) is 0. The second-order valence-electron chi connectivity index (χ2n) is 5.54. The fourth-order valence-corrected chi connectivity index (χ4v) is 2.22. The molecule has 0 amide bonds. The molecule has 0 aliphatic heterocycles. The molecule has 0 aliphatic rings. The smallest absolute Gasteiger partial charge is 0.306 e. The van der Waals surface area contributed by atoms with E-state index in [9.17, 15) is 13.9 Å². The largest absolute Gasteiger partial charge is 0.466 e. The van der Waals surface area contributed by atoms with E-state index in [1.54, 1.807) is 31.2 Å². The van der Waals surface area contributed by atoms with E-state index in [0.29, 0.717) is 5.57 Å². The molecule has 1 aromatic heterocycles. The van der Waals surface area contributed by atoms with Gasteiger partial charge in [0.2, 0.25) is 0 Å². The lowest BCUT2D eigenvalue weighted by Crippen LogP contribution is -2.40. The number of hydrogen-bond acceptors (Lipinski definition) is 3. The van der Waals surface area contributed by atoms with Crippen LogP contribution in [0.15, 0.2) is 65.3 Å². The Bertz CT molecular complexity index is 608. The standard InChI is InChI=1S/C18H20F2O3/c1-13(2)11-16(21)18(19,20)17(15-9-6-10-22-15)23-12-14-7-4-3-5-8-14/h3-10,16-17,21H,1,11-12H2,2H3/t16-,17-/m1/s1. The highest BCUT2D eigenvalue weighted by atomic mass is 19.3. The Morgan fingerprint density at radius 1 is 1.26 bits per heavy atom. The molecular weight excluding hydrogens is 302 g/mol. The van der Waals surface area contributed by atoms with Crippen LogP contribution in [0.25, 0.3) is 0 Å². The molecule has 2 rings (SSSR count). The number of furan rings is 1. The van der Waals surface area contributed by atoms with E-state index in [1.165, 1.54) is 18.4 Å². The molecular formula is C18H20F2O3. The predicted octanol–water partition coefficient (Wildman–Crippen LogP) is 4.50. The first kappa shape index (κ1) is 17.4. The van der Waals surface area contributed by atoms with Crippen LogP contribution >= 0.6 is 0 Å². The van der Waals surface area contributed by atoms with E-state index >= 15 is 0 Å². The number of aliphatic hydroxyl groups is 1. The highest BCUT2D eigenvalue weighted by molar-refractivity contribution is 5.14. The van der Waals surface area contributed by atoms with Gasteiger partial charge in [-0.1, -0.05) is 35.9 Å². The summed E-state index contributed by atoms with van der Waals surface area (Å²) in [5.74, 6) is -3.53. The van der Waals surface area contributed by atoms with Crippen LogP contribution in [0, 0.1) is 0 Å². The summed E-state index contributed by atoms with van der Waals surface area (Å²) < 4.78 is 39.8. The first-order valence-corrected chi connectivity index (χ1v) is 7.30. The minimum atomic E-state index is -3.51. The van der Waals surface area contributed by atoms with Gasteiger partial charge in [-0.05, 0) is 31.0 Å². The maximum Gasteiger partial charge on any atom is 0.306 e. The number of alkyl halides is 2. The van der Waals surface area contributed by atoms with E-state index in [0.717, 1.165) is 5.56 Å². The topological polar surface area (TPSA) is 42.6 Å². The number of ether oxygens (including phenoxy) is 1. The molecule has 0 fully saturated rings. The summed E-state index contributed by atoms with van der Waals surface area (Å²) in [5.41, 5.74) is 1.23. The van der Waals surface area contributed by atoms with Crippen LogP contribution < -0.4 is 0 Å². The van der Waals surface area contributed by atoms with Crippen LogP contribution in [0.3, 0.4) is 0 Å². The molecule has 1 N–H and O–H groups in total. The highest BCUT2D eigenvalue weighted by Crippen LogP contribution is 2.39. The summed E-state index contributed by atoms with van der Waals surface area (Å²) in [5, 5.41) is 9.88. The first-order valence-electron chi connectivity index (χ1n) is 7.30. The lowest BCUT2D eigenvalue weighted by Gasteiger charge is -2.29. The van der Waals surface area contributed by atoms with Gasteiger partial charge in [-0.25, -0.2) is 8.78 Å². The van der Waals surface area contributed by atoms with E-state index < -0.39 is 18.1 Å². The quantitative estimate of drug-likeness (QED) is 0.728. The molecule has 2 atom stereocenters. The van der Waals surface area contributed by atoms with Gasteiger partial charge in [0.05, 0.1) is 12.9 Å². The normalized spacial score (nSPS) is 14.4. The van der Waals surface area contributed by atoms with Crippen LogP contribution in [0.5, 0.6) is 0 Å². The van der Waals surface area contributed by atoms with Gasteiger partial charge in [-0.2, -0.15) is 0 Å². The monoisotopic (exact) mass is 322 g/mol. The number of halogens is 2. The Morgan fingerprint density at radius 3 is 2.52 bits per heavy atom. The zero-order valence-electron chi connectivity index (χ0n) is 12.9. The molecule has 0 bridgehead atoms. The molecule has 5 heteroatoms. The summed E-state index contributed by atoms with van der Waals surface area (Å²) in [6.07, 6.45) is -2.48. The van der Waals surface area contributed by atoms with Crippen molar-refractivity contribution in [2.45, 2.75) is 38.1 Å². The number of hydrogen-bond donors (Lipinski definition) is 1. The van der Waals surface area contributed by atoms with Crippen LogP contribution in [-0.4, -0.2) is 17.1 Å². The van der Waals surface area contributed by atoms with Gasteiger partial charge in [-0.15, -0.1) is 6.58 Å². The predicted molar refractivity (Wildman–Crippen MR) is 83.1 cm³/mol. The summed E-state index contributed by atoms with van der Waals surface area (Å²) >= 11 is 0. The molecule has 1 aromatic carbocycles. The third-order valence-corrected chi connectivity index (χ3v) is 3.40. The van der Waals surface area contributed by atoms with Gasteiger partial charge in [0.1, 0.15) is 11.9 Å². The minimum absolute atomic E-state index is 0.0123. The fraction of sp³-hybridized carbons (Fsp3) is 0.333. The Hall–Kier alpha value is -1.98. The summed E-state index contributed by atoms with van der Waals surface area (Å²) in [7, 11) is 0. The van der Waals surface area contributed by atoms with Gasteiger partial charge in [-0.3, -0.25) is 0 Å². The number of rotatable bonds is 8. The molecule has 1 heterocycles. The van der Waals surface area contributed by atoms with Crippen molar-refractivity contribution >= 4 is 0 Å². The van der Waals surface area contributed by atoms with E-state index in [2.05, 4.69) is 6.58 Å². The van der Waals surface area contributed by atoms with Gasteiger partial charge >= 0.3 is 5.92 Å². The van der Waals surface area contributed by atoms with Gasteiger partial charge in [0, 0.05) is 0 Å². The Labute approximate surface area is 134 Å². The van der Waals surface area contributed by atoms with Gasteiger partial charge < -0.3 is 14.3 Å². The molecule has 2 aromatic rings. The Kier molecular flexibility index (Phi) is 5.69. The maximum atomic E-state index is 14.6. The molecule has 3 nitrogen and oxygen atoms in total. The maximum absolute atomic E-state index is 14.6. The second-order valence-corrected chi connectivity index (χ2v) is 5.54. The molecule has 0 saturated heterocycles. The zero-order chi connectivity index (χ0) is 16.9. The van der Waals surface area contributed by atoms with Crippen molar-refractivity contribution < 1.29 is 23.0 Å². The van der Waals surface area contributed by atoms with E-state index in [-0.39, 0.29) is 18.8 Å². The number of benzene rings is 1. The van der Waals surface area contributed by atoms with Crippen molar-refractivity contribution in [2.75, 3.05) is 0 Å². The van der Waals surface area contributed by atoms with Gasteiger partial charge in [0.25, 0.3) is 0 Å². The van der Waals surface area contributed by atoms with Crippen molar-refractivity contribution in [2.24, 2.45) is 0 Å². The lowest BCUT2D eigenvalue weighted by atomic mass is 9.99. The zero-order valence-corrected chi connectivity index (χ0v) is 12.9. The average Bonchev–Trinajstić information content (AvgIpc) is 3.01. The van der Waals surface area contributed by atoms with Crippen LogP contribution in [0.4, 0.5) is 8.78 Å². The van der Waals surface area contributed by atoms with Crippen molar-refractivity contribution in [3.05, 3.63) is 72.2 Å². The first-order chi connectivity index (χ1) is 10.9. The lowest BCUT2D eigenvalue weighted by molar-refractivity contribution is -0.205. The summed E-state index contributed by atoms with van der Waals surface area (Å²) in [6.45, 7) is 5.14. The number of aliphatic hydroxyl groups excluding tert-OH is 1.